The number of rotatable bonds is 5. The van der Waals surface area contributed by atoms with Gasteiger partial charge in [-0.15, -0.1) is 0 Å². The monoisotopic (exact) mass is 388 g/mol. The van der Waals surface area contributed by atoms with Gasteiger partial charge in [-0.2, -0.15) is 0 Å². The largest absolute Gasteiger partial charge is 0.465 e. The van der Waals surface area contributed by atoms with Crippen LogP contribution in [0, 0.1) is 5.92 Å². The van der Waals surface area contributed by atoms with Crippen molar-refractivity contribution in [2.75, 3.05) is 25.5 Å². The summed E-state index contributed by atoms with van der Waals surface area (Å²) in [6.07, 6.45) is 1.73. The quantitative estimate of drug-likeness (QED) is 0.676. The molecular weight excluding hydrogens is 360 g/mol. The Kier molecular flexibility index (Phi) is 5.88. The third kappa shape index (κ3) is 4.62. The van der Waals surface area contributed by atoms with Gasteiger partial charge in [0, 0.05) is 0 Å². The average Bonchev–Trinajstić information content (AvgIpc) is 3.07. The second kappa shape index (κ2) is 8.18. The van der Waals surface area contributed by atoms with E-state index in [0.717, 1.165) is 25.9 Å². The number of nitrogens with one attached hydrogen (secondary N) is 3. The summed E-state index contributed by atoms with van der Waals surface area (Å²) in [5.74, 6) is -0.191. The Balaban J connectivity index is 1.89. The molecule has 1 unspecified atom stereocenters. The number of ether oxygens (including phenoxy) is 2. The van der Waals surface area contributed by atoms with Gasteiger partial charge in [0.2, 0.25) is 5.95 Å². The highest BCUT2D eigenvalue weighted by Gasteiger charge is 2.33. The van der Waals surface area contributed by atoms with Crippen LogP contribution in [0.4, 0.5) is 5.95 Å². The first kappa shape index (κ1) is 20.1. The maximum absolute atomic E-state index is 12.9. The second-order valence-corrected chi connectivity index (χ2v) is 8.02. The minimum Gasteiger partial charge on any atom is -0.465 e. The Morgan fingerprint density at radius 1 is 1.25 bits per heavy atom. The number of aromatic amines is 1. The fourth-order valence-corrected chi connectivity index (χ4v) is 3.43. The summed E-state index contributed by atoms with van der Waals surface area (Å²) in [6, 6.07) is 4.72. The zero-order chi connectivity index (χ0) is 20.3. The number of aromatic nitrogens is 2. The number of methoxy groups -OCH3 is 1. The number of carbonyl (C=O) groups is 2. The Bertz CT molecular complexity index is 849. The number of esters is 2. The zero-order valence-corrected chi connectivity index (χ0v) is 16.8. The molecule has 1 fully saturated rings. The summed E-state index contributed by atoms with van der Waals surface area (Å²) in [4.78, 5) is 32.5. The van der Waals surface area contributed by atoms with Gasteiger partial charge in [0.1, 0.15) is 17.2 Å². The minimum atomic E-state index is -0.574. The van der Waals surface area contributed by atoms with Crippen molar-refractivity contribution < 1.29 is 19.1 Å². The van der Waals surface area contributed by atoms with E-state index < -0.39 is 17.6 Å². The maximum atomic E-state index is 12.9. The average molecular weight is 388 g/mol. The molecule has 152 valence electrons. The van der Waals surface area contributed by atoms with Crippen LogP contribution in [-0.4, -0.2) is 53.7 Å². The molecule has 1 aliphatic heterocycles. The molecule has 0 radical (unpaired) electrons. The summed E-state index contributed by atoms with van der Waals surface area (Å²) >= 11 is 0. The number of carbonyl (C=O) groups excluding carboxylic acids is 2. The van der Waals surface area contributed by atoms with Crippen molar-refractivity contribution in [1.29, 1.82) is 0 Å². The molecule has 0 bridgehead atoms. The molecule has 0 aliphatic carbocycles. The van der Waals surface area contributed by atoms with Crippen LogP contribution in [0.3, 0.4) is 0 Å². The second-order valence-electron chi connectivity index (χ2n) is 8.02. The fraction of sp³-hybridized carbons (Fsp3) is 0.550. The Morgan fingerprint density at radius 3 is 2.61 bits per heavy atom. The lowest BCUT2D eigenvalue weighted by molar-refractivity contribution is -0.157. The summed E-state index contributed by atoms with van der Waals surface area (Å²) in [7, 11) is 1.34. The topological polar surface area (TPSA) is 105 Å². The number of nitrogens with zero attached hydrogens (tertiary/aromatic N) is 1. The van der Waals surface area contributed by atoms with Crippen LogP contribution in [0.1, 0.15) is 44.0 Å². The predicted octanol–water partition coefficient (Wildman–Crippen LogP) is 2.47. The van der Waals surface area contributed by atoms with E-state index in [2.05, 4.69) is 20.6 Å². The van der Waals surface area contributed by atoms with Crippen molar-refractivity contribution in [1.82, 2.24) is 15.3 Å². The molecule has 0 amide bonds. The maximum Gasteiger partial charge on any atom is 0.340 e. The predicted molar refractivity (Wildman–Crippen MR) is 106 cm³/mol. The van der Waals surface area contributed by atoms with Gasteiger partial charge in [0.05, 0.1) is 18.2 Å². The van der Waals surface area contributed by atoms with E-state index >= 15 is 0 Å². The van der Waals surface area contributed by atoms with Crippen LogP contribution < -0.4 is 10.6 Å². The van der Waals surface area contributed by atoms with Crippen molar-refractivity contribution in [2.24, 2.45) is 5.92 Å². The lowest BCUT2D eigenvalue weighted by Crippen LogP contribution is -2.45. The van der Waals surface area contributed by atoms with Crippen LogP contribution in [0.25, 0.3) is 11.0 Å². The molecule has 1 atom stereocenters. The Morgan fingerprint density at radius 2 is 1.96 bits per heavy atom. The summed E-state index contributed by atoms with van der Waals surface area (Å²) in [6.45, 7) is 7.28. The summed E-state index contributed by atoms with van der Waals surface area (Å²) < 4.78 is 10.5. The lowest BCUT2D eigenvalue weighted by Gasteiger charge is -2.32. The van der Waals surface area contributed by atoms with Gasteiger partial charge in [-0.1, -0.05) is 6.07 Å². The highest BCUT2D eigenvalue weighted by atomic mass is 16.6. The third-order valence-electron chi connectivity index (χ3n) is 4.73. The standard InChI is InChI=1S/C20H28N4O4/c1-20(2,3)28-18(26)15(12-8-10-21-11-9-12)23-19-22-14-7-5-6-13(16(14)24-19)17(25)27-4/h5-7,12,15,21H,8-11H2,1-4H3,(H2,22,23,24). The van der Waals surface area contributed by atoms with Crippen LogP contribution >= 0.6 is 0 Å². The first-order chi connectivity index (χ1) is 13.3. The number of fused-ring (bicyclic) bond motifs is 1. The number of imidazole rings is 1. The molecule has 8 heteroatoms. The van der Waals surface area contributed by atoms with E-state index in [1.807, 2.05) is 26.8 Å². The van der Waals surface area contributed by atoms with E-state index in [1.54, 1.807) is 12.1 Å². The first-order valence-electron chi connectivity index (χ1n) is 9.55. The SMILES string of the molecule is COC(=O)c1cccc2[nH]c(NC(C(=O)OC(C)(C)C)C3CCNCC3)nc12. The van der Waals surface area contributed by atoms with Crippen molar-refractivity contribution in [2.45, 2.75) is 45.3 Å². The van der Waals surface area contributed by atoms with Crippen molar-refractivity contribution >= 4 is 28.9 Å². The van der Waals surface area contributed by atoms with Gasteiger partial charge < -0.3 is 25.1 Å². The van der Waals surface area contributed by atoms with E-state index in [1.165, 1.54) is 7.11 Å². The number of anilines is 1. The van der Waals surface area contributed by atoms with Crippen molar-refractivity contribution in [3.63, 3.8) is 0 Å². The zero-order valence-electron chi connectivity index (χ0n) is 16.8. The van der Waals surface area contributed by atoms with Gasteiger partial charge in [0.25, 0.3) is 0 Å². The molecule has 1 aromatic heterocycles. The molecule has 0 saturated carbocycles. The summed E-state index contributed by atoms with van der Waals surface area (Å²) in [5.41, 5.74) is 0.999. The van der Waals surface area contributed by atoms with Gasteiger partial charge in [-0.05, 0) is 64.8 Å². The Hall–Kier alpha value is -2.61. The summed E-state index contributed by atoms with van der Waals surface area (Å²) in [5, 5.41) is 6.54. The number of piperidine rings is 1. The molecular formula is C20H28N4O4. The highest BCUT2D eigenvalue weighted by Crippen LogP contribution is 2.25. The molecule has 3 rings (SSSR count). The molecule has 2 aromatic rings. The minimum absolute atomic E-state index is 0.129. The van der Waals surface area contributed by atoms with Gasteiger partial charge in [-0.25, -0.2) is 14.6 Å². The first-order valence-corrected chi connectivity index (χ1v) is 9.55. The van der Waals surface area contributed by atoms with Crippen molar-refractivity contribution in [3.8, 4) is 0 Å². The molecule has 1 aliphatic rings. The van der Waals surface area contributed by atoms with Gasteiger partial charge in [-0.3, -0.25) is 0 Å². The number of hydrogen-bond donors (Lipinski definition) is 3. The van der Waals surface area contributed by atoms with E-state index in [0.29, 0.717) is 22.5 Å². The molecule has 0 spiro atoms. The number of hydrogen-bond acceptors (Lipinski definition) is 7. The normalized spacial score (nSPS) is 16.6. The molecule has 1 saturated heterocycles. The number of H-pyrrole nitrogens is 1. The lowest BCUT2D eigenvalue weighted by atomic mass is 9.90. The molecule has 28 heavy (non-hydrogen) atoms. The molecule has 8 nitrogen and oxygen atoms in total. The molecule has 3 N–H and O–H groups in total. The van der Waals surface area contributed by atoms with E-state index in [4.69, 9.17) is 9.47 Å². The number of para-hydroxylation sites is 1. The molecule has 2 heterocycles. The fourth-order valence-electron chi connectivity index (χ4n) is 3.43. The van der Waals surface area contributed by atoms with Gasteiger partial charge >= 0.3 is 11.9 Å². The van der Waals surface area contributed by atoms with Gasteiger partial charge in [0.15, 0.2) is 0 Å². The van der Waals surface area contributed by atoms with Crippen LogP contribution in [0.15, 0.2) is 18.2 Å². The highest BCUT2D eigenvalue weighted by molar-refractivity contribution is 6.02. The number of benzene rings is 1. The van der Waals surface area contributed by atoms with E-state index in [9.17, 15) is 9.59 Å². The Labute approximate surface area is 164 Å². The van der Waals surface area contributed by atoms with Crippen LogP contribution in [0.5, 0.6) is 0 Å². The molecule has 1 aromatic carbocycles. The third-order valence-corrected chi connectivity index (χ3v) is 4.73. The van der Waals surface area contributed by atoms with Crippen LogP contribution in [-0.2, 0) is 14.3 Å². The van der Waals surface area contributed by atoms with Crippen molar-refractivity contribution in [3.05, 3.63) is 23.8 Å². The smallest absolute Gasteiger partial charge is 0.340 e. The van der Waals surface area contributed by atoms with Crippen LogP contribution in [0.2, 0.25) is 0 Å². The van der Waals surface area contributed by atoms with E-state index in [-0.39, 0.29) is 11.9 Å².